The van der Waals surface area contributed by atoms with Gasteiger partial charge >= 0.3 is 0 Å². The van der Waals surface area contributed by atoms with E-state index in [1.54, 1.807) is 31.2 Å². The van der Waals surface area contributed by atoms with Gasteiger partial charge in [0.25, 0.3) is 10.1 Å². The van der Waals surface area contributed by atoms with Crippen LogP contribution < -0.4 is 4.74 Å². The fourth-order valence-corrected chi connectivity index (χ4v) is 2.90. The van der Waals surface area contributed by atoms with Crippen molar-refractivity contribution in [2.24, 2.45) is 0 Å². The summed E-state index contributed by atoms with van der Waals surface area (Å²) in [7, 11) is -3.76. The molecule has 5 nitrogen and oxygen atoms in total. The van der Waals surface area contributed by atoms with Gasteiger partial charge in [0.2, 0.25) is 0 Å². The third-order valence-corrected chi connectivity index (χ3v) is 4.46. The number of para-hydroxylation sites is 1. The van der Waals surface area contributed by atoms with Crippen LogP contribution in [0.3, 0.4) is 0 Å². The van der Waals surface area contributed by atoms with E-state index in [9.17, 15) is 8.42 Å². The number of benzene rings is 2. The third-order valence-electron chi connectivity index (χ3n) is 3.14. The van der Waals surface area contributed by atoms with Gasteiger partial charge in [-0.05, 0) is 25.1 Å². The molecule has 24 heavy (non-hydrogen) atoms. The van der Waals surface area contributed by atoms with Crippen molar-refractivity contribution in [3.05, 3.63) is 66.7 Å². The lowest BCUT2D eigenvalue weighted by Crippen LogP contribution is -2.20. The van der Waals surface area contributed by atoms with E-state index < -0.39 is 16.4 Å². The summed E-state index contributed by atoms with van der Waals surface area (Å²) in [6.07, 6.45) is 1.14. The SMILES string of the molecule is C=Cc1ccccc1OC(C)OCCOS(=O)(=O)c1ccccc1. The molecule has 0 saturated carbocycles. The fourth-order valence-electron chi connectivity index (χ4n) is 1.98. The Kier molecular flexibility index (Phi) is 6.54. The van der Waals surface area contributed by atoms with Crippen molar-refractivity contribution in [1.29, 1.82) is 0 Å². The van der Waals surface area contributed by atoms with Crippen LogP contribution in [-0.4, -0.2) is 27.9 Å². The van der Waals surface area contributed by atoms with Crippen molar-refractivity contribution < 1.29 is 22.1 Å². The first-order valence-electron chi connectivity index (χ1n) is 7.47. The second-order valence-electron chi connectivity index (χ2n) is 4.89. The van der Waals surface area contributed by atoms with Crippen molar-refractivity contribution in [3.63, 3.8) is 0 Å². The molecular weight excluding hydrogens is 328 g/mol. The van der Waals surface area contributed by atoms with Gasteiger partial charge < -0.3 is 9.47 Å². The largest absolute Gasteiger partial charge is 0.465 e. The van der Waals surface area contributed by atoms with Crippen molar-refractivity contribution in [2.45, 2.75) is 18.1 Å². The Morgan fingerprint density at radius 1 is 1.04 bits per heavy atom. The molecular formula is C18H20O5S. The van der Waals surface area contributed by atoms with E-state index in [0.717, 1.165) is 5.56 Å². The molecule has 0 N–H and O–H groups in total. The topological polar surface area (TPSA) is 61.8 Å². The van der Waals surface area contributed by atoms with E-state index >= 15 is 0 Å². The number of ether oxygens (including phenoxy) is 2. The lowest BCUT2D eigenvalue weighted by molar-refractivity contribution is -0.0736. The Balaban J connectivity index is 1.79. The van der Waals surface area contributed by atoms with Crippen LogP contribution in [0.1, 0.15) is 12.5 Å². The zero-order chi connectivity index (χ0) is 17.4. The van der Waals surface area contributed by atoms with E-state index in [1.807, 2.05) is 24.3 Å². The van der Waals surface area contributed by atoms with Crippen LogP contribution >= 0.6 is 0 Å². The van der Waals surface area contributed by atoms with Gasteiger partial charge in [0.15, 0.2) is 6.29 Å². The second kappa shape index (κ2) is 8.63. The highest BCUT2D eigenvalue weighted by atomic mass is 32.2. The van der Waals surface area contributed by atoms with Crippen LogP contribution in [0, 0.1) is 0 Å². The van der Waals surface area contributed by atoms with Crippen LogP contribution in [-0.2, 0) is 19.0 Å². The van der Waals surface area contributed by atoms with Crippen LogP contribution in [0.2, 0.25) is 0 Å². The first-order chi connectivity index (χ1) is 11.5. The lowest BCUT2D eigenvalue weighted by atomic mass is 10.2. The molecule has 0 heterocycles. The fraction of sp³-hybridized carbons (Fsp3) is 0.222. The average molecular weight is 348 g/mol. The Labute approximate surface area is 142 Å². The van der Waals surface area contributed by atoms with E-state index in [1.165, 1.54) is 12.1 Å². The predicted molar refractivity (Wildman–Crippen MR) is 92.2 cm³/mol. The summed E-state index contributed by atoms with van der Waals surface area (Å²) in [6.45, 7) is 5.45. The predicted octanol–water partition coefficient (Wildman–Crippen LogP) is 3.48. The maximum Gasteiger partial charge on any atom is 0.297 e. The number of hydrogen-bond acceptors (Lipinski definition) is 5. The quantitative estimate of drug-likeness (QED) is 0.394. The molecule has 128 valence electrons. The molecule has 0 fully saturated rings. The highest BCUT2D eigenvalue weighted by Crippen LogP contribution is 2.20. The first kappa shape index (κ1) is 18.2. The molecule has 2 aromatic rings. The Hall–Kier alpha value is -2.15. The minimum absolute atomic E-state index is 0.0868. The van der Waals surface area contributed by atoms with Crippen molar-refractivity contribution in [1.82, 2.24) is 0 Å². The summed E-state index contributed by atoms with van der Waals surface area (Å²) in [5.74, 6) is 0.651. The molecule has 2 aromatic carbocycles. The molecule has 0 aliphatic carbocycles. The highest BCUT2D eigenvalue weighted by molar-refractivity contribution is 7.86. The smallest absolute Gasteiger partial charge is 0.297 e. The van der Waals surface area contributed by atoms with Gasteiger partial charge in [-0.2, -0.15) is 8.42 Å². The minimum atomic E-state index is -3.76. The van der Waals surface area contributed by atoms with Gasteiger partial charge in [-0.25, -0.2) is 0 Å². The first-order valence-corrected chi connectivity index (χ1v) is 8.88. The zero-order valence-electron chi connectivity index (χ0n) is 13.4. The van der Waals surface area contributed by atoms with E-state index in [0.29, 0.717) is 5.75 Å². The summed E-state index contributed by atoms with van der Waals surface area (Å²) in [6, 6.07) is 15.4. The molecule has 0 amide bonds. The molecule has 6 heteroatoms. The van der Waals surface area contributed by atoms with Crippen LogP contribution in [0.4, 0.5) is 0 Å². The summed E-state index contributed by atoms with van der Waals surface area (Å²) in [5.41, 5.74) is 0.857. The molecule has 0 radical (unpaired) electrons. The van der Waals surface area contributed by atoms with Crippen LogP contribution in [0.5, 0.6) is 5.75 Å². The van der Waals surface area contributed by atoms with Gasteiger partial charge in [0.1, 0.15) is 5.75 Å². The van der Waals surface area contributed by atoms with Crippen LogP contribution in [0.25, 0.3) is 6.08 Å². The third kappa shape index (κ3) is 5.19. The molecule has 1 atom stereocenters. The van der Waals surface area contributed by atoms with Crippen molar-refractivity contribution in [2.75, 3.05) is 13.2 Å². The number of hydrogen-bond donors (Lipinski definition) is 0. The summed E-state index contributed by atoms with van der Waals surface area (Å²) >= 11 is 0. The minimum Gasteiger partial charge on any atom is -0.465 e. The number of rotatable bonds is 9. The van der Waals surface area contributed by atoms with Crippen LogP contribution in [0.15, 0.2) is 66.1 Å². The van der Waals surface area contributed by atoms with Gasteiger partial charge in [-0.1, -0.05) is 49.1 Å². The molecule has 0 aromatic heterocycles. The van der Waals surface area contributed by atoms with E-state index in [4.69, 9.17) is 13.7 Å². The summed E-state index contributed by atoms with van der Waals surface area (Å²) < 4.78 is 39.9. The second-order valence-corrected chi connectivity index (χ2v) is 6.50. The average Bonchev–Trinajstić information content (AvgIpc) is 2.60. The van der Waals surface area contributed by atoms with Gasteiger partial charge in [-0.3, -0.25) is 4.18 Å². The van der Waals surface area contributed by atoms with E-state index in [-0.39, 0.29) is 18.1 Å². The summed E-state index contributed by atoms with van der Waals surface area (Å²) in [5, 5.41) is 0. The zero-order valence-corrected chi connectivity index (χ0v) is 14.2. The molecule has 0 aliphatic heterocycles. The summed E-state index contributed by atoms with van der Waals surface area (Å²) in [4.78, 5) is 0.120. The van der Waals surface area contributed by atoms with Gasteiger partial charge in [0.05, 0.1) is 18.1 Å². The van der Waals surface area contributed by atoms with Crippen molar-refractivity contribution in [3.8, 4) is 5.75 Å². The molecule has 0 aliphatic rings. The van der Waals surface area contributed by atoms with Crippen molar-refractivity contribution >= 4 is 16.2 Å². The Morgan fingerprint density at radius 3 is 2.42 bits per heavy atom. The normalized spacial score (nSPS) is 12.5. The van der Waals surface area contributed by atoms with Gasteiger partial charge in [0, 0.05) is 5.56 Å². The standard InChI is InChI=1S/C18H20O5S/c1-3-16-9-7-8-12-18(16)23-15(2)21-13-14-22-24(19,20)17-10-5-4-6-11-17/h3-12,15H,1,13-14H2,2H3. The maximum absolute atomic E-state index is 11.9. The molecule has 0 bridgehead atoms. The Morgan fingerprint density at radius 2 is 1.71 bits per heavy atom. The van der Waals surface area contributed by atoms with Gasteiger partial charge in [-0.15, -0.1) is 0 Å². The Bertz CT molecular complexity index is 756. The molecule has 2 rings (SSSR count). The monoisotopic (exact) mass is 348 g/mol. The molecule has 0 spiro atoms. The lowest BCUT2D eigenvalue weighted by Gasteiger charge is -2.17. The van der Waals surface area contributed by atoms with E-state index in [2.05, 4.69) is 6.58 Å². The molecule has 1 unspecified atom stereocenters. The molecule has 0 saturated heterocycles. The highest BCUT2D eigenvalue weighted by Gasteiger charge is 2.14. The maximum atomic E-state index is 11.9.